The Morgan fingerprint density at radius 1 is 1.24 bits per heavy atom. The van der Waals surface area contributed by atoms with Crippen molar-refractivity contribution in [3.8, 4) is 0 Å². The summed E-state index contributed by atoms with van der Waals surface area (Å²) in [6.45, 7) is 12.9. The van der Waals surface area contributed by atoms with E-state index in [9.17, 15) is 10.2 Å². The SMILES string of the molecule is C=CC(C)(O)/C=C/[C@H](CC=C(C)C)C(C)(C)O. The molecule has 0 aromatic rings. The Balaban J connectivity index is 4.85. The van der Waals surface area contributed by atoms with Crippen LogP contribution < -0.4 is 0 Å². The van der Waals surface area contributed by atoms with Crippen molar-refractivity contribution in [2.45, 2.75) is 52.2 Å². The van der Waals surface area contributed by atoms with Gasteiger partial charge < -0.3 is 10.2 Å². The van der Waals surface area contributed by atoms with Crippen molar-refractivity contribution >= 4 is 0 Å². The molecular weight excluding hydrogens is 212 g/mol. The predicted octanol–water partition coefficient (Wildman–Crippen LogP) is 3.22. The third-order valence-corrected chi connectivity index (χ3v) is 2.77. The van der Waals surface area contributed by atoms with Crippen LogP contribution in [-0.4, -0.2) is 21.4 Å². The molecular formula is C15H26O2. The average molecular weight is 238 g/mol. The van der Waals surface area contributed by atoms with E-state index in [4.69, 9.17) is 0 Å². The molecule has 0 rings (SSSR count). The van der Waals surface area contributed by atoms with Crippen LogP contribution in [-0.2, 0) is 0 Å². The minimum absolute atomic E-state index is 0.0242. The Labute approximate surface area is 105 Å². The van der Waals surface area contributed by atoms with Gasteiger partial charge in [0.05, 0.1) is 11.2 Å². The highest BCUT2D eigenvalue weighted by molar-refractivity contribution is 5.12. The molecule has 0 radical (unpaired) electrons. The molecule has 0 heterocycles. The number of allylic oxidation sites excluding steroid dienone is 2. The van der Waals surface area contributed by atoms with E-state index in [0.29, 0.717) is 0 Å². The molecule has 2 heteroatoms. The third kappa shape index (κ3) is 7.14. The van der Waals surface area contributed by atoms with Gasteiger partial charge in [-0.1, -0.05) is 36.5 Å². The minimum atomic E-state index is -1.02. The molecule has 0 aliphatic rings. The molecule has 0 saturated heterocycles. The van der Waals surface area contributed by atoms with Crippen molar-refractivity contribution in [3.63, 3.8) is 0 Å². The summed E-state index contributed by atoms with van der Waals surface area (Å²) in [5.41, 5.74) is -0.600. The normalized spacial score (nSPS) is 17.6. The molecule has 0 bridgehead atoms. The van der Waals surface area contributed by atoms with Crippen LogP contribution in [0.5, 0.6) is 0 Å². The second-order valence-electron chi connectivity index (χ2n) is 5.57. The highest BCUT2D eigenvalue weighted by Crippen LogP contribution is 2.24. The molecule has 2 N–H and O–H groups in total. The zero-order valence-corrected chi connectivity index (χ0v) is 11.7. The molecule has 98 valence electrons. The first kappa shape index (κ1) is 16.1. The van der Waals surface area contributed by atoms with Gasteiger partial charge in [0.1, 0.15) is 0 Å². The van der Waals surface area contributed by atoms with E-state index in [2.05, 4.69) is 12.7 Å². The minimum Gasteiger partial charge on any atom is -0.390 e. The highest BCUT2D eigenvalue weighted by Gasteiger charge is 2.24. The number of hydrogen-bond acceptors (Lipinski definition) is 2. The third-order valence-electron chi connectivity index (χ3n) is 2.77. The molecule has 2 atom stereocenters. The van der Waals surface area contributed by atoms with Crippen molar-refractivity contribution in [2.75, 3.05) is 0 Å². The van der Waals surface area contributed by atoms with Crippen LogP contribution in [0.25, 0.3) is 0 Å². The van der Waals surface area contributed by atoms with Crippen molar-refractivity contribution < 1.29 is 10.2 Å². The lowest BCUT2D eigenvalue weighted by Crippen LogP contribution is -2.30. The maximum Gasteiger partial charge on any atom is 0.0978 e. The Kier molecular flexibility index (Phi) is 5.86. The van der Waals surface area contributed by atoms with E-state index in [1.165, 1.54) is 11.6 Å². The van der Waals surface area contributed by atoms with Crippen molar-refractivity contribution in [1.82, 2.24) is 0 Å². The molecule has 2 nitrogen and oxygen atoms in total. The first-order chi connectivity index (χ1) is 7.58. The smallest absolute Gasteiger partial charge is 0.0978 e. The fourth-order valence-corrected chi connectivity index (χ4v) is 1.34. The average Bonchev–Trinajstić information content (AvgIpc) is 2.15. The van der Waals surface area contributed by atoms with E-state index < -0.39 is 11.2 Å². The molecule has 0 aliphatic heterocycles. The summed E-state index contributed by atoms with van der Waals surface area (Å²) in [5, 5.41) is 19.9. The van der Waals surface area contributed by atoms with E-state index in [-0.39, 0.29) is 5.92 Å². The molecule has 0 saturated carbocycles. The maximum atomic E-state index is 10.1. The van der Waals surface area contributed by atoms with Crippen LogP contribution in [0.1, 0.15) is 41.0 Å². The van der Waals surface area contributed by atoms with Gasteiger partial charge in [-0.25, -0.2) is 0 Å². The van der Waals surface area contributed by atoms with Crippen LogP contribution in [0.2, 0.25) is 0 Å². The number of hydrogen-bond donors (Lipinski definition) is 2. The molecule has 1 unspecified atom stereocenters. The number of aliphatic hydroxyl groups is 2. The second kappa shape index (κ2) is 6.18. The lowest BCUT2D eigenvalue weighted by atomic mass is 9.86. The summed E-state index contributed by atoms with van der Waals surface area (Å²) in [6.07, 6.45) is 7.87. The van der Waals surface area contributed by atoms with Gasteiger partial charge in [0.2, 0.25) is 0 Å². The van der Waals surface area contributed by atoms with Crippen LogP contribution in [0, 0.1) is 5.92 Å². The topological polar surface area (TPSA) is 40.5 Å². The van der Waals surface area contributed by atoms with Gasteiger partial charge in [-0.2, -0.15) is 0 Å². The van der Waals surface area contributed by atoms with Gasteiger partial charge in [0, 0.05) is 5.92 Å². The molecule has 0 aliphatic carbocycles. The second-order valence-corrected chi connectivity index (χ2v) is 5.57. The van der Waals surface area contributed by atoms with Gasteiger partial charge in [0.25, 0.3) is 0 Å². The highest BCUT2D eigenvalue weighted by atomic mass is 16.3. The van der Waals surface area contributed by atoms with E-state index in [1.807, 2.05) is 19.9 Å². The molecule has 0 spiro atoms. The molecule has 0 aromatic carbocycles. The Bertz CT molecular complexity index is 299. The van der Waals surface area contributed by atoms with Crippen molar-refractivity contribution in [1.29, 1.82) is 0 Å². The Morgan fingerprint density at radius 3 is 2.12 bits per heavy atom. The van der Waals surface area contributed by atoms with Crippen LogP contribution in [0.3, 0.4) is 0 Å². The molecule has 0 fully saturated rings. The Morgan fingerprint density at radius 2 is 1.76 bits per heavy atom. The first-order valence-electron chi connectivity index (χ1n) is 5.99. The maximum absolute atomic E-state index is 10.1. The van der Waals surface area contributed by atoms with Crippen LogP contribution >= 0.6 is 0 Å². The first-order valence-corrected chi connectivity index (χ1v) is 5.99. The van der Waals surface area contributed by atoms with Gasteiger partial charge >= 0.3 is 0 Å². The van der Waals surface area contributed by atoms with Crippen LogP contribution in [0.4, 0.5) is 0 Å². The fraction of sp³-hybridized carbons (Fsp3) is 0.600. The van der Waals surface area contributed by atoms with Crippen LogP contribution in [0.15, 0.2) is 36.5 Å². The predicted molar refractivity (Wildman–Crippen MR) is 73.8 cm³/mol. The summed E-state index contributed by atoms with van der Waals surface area (Å²) in [5.74, 6) is -0.0242. The lowest BCUT2D eigenvalue weighted by Gasteiger charge is -2.27. The number of rotatable bonds is 6. The quantitative estimate of drug-likeness (QED) is 0.697. The molecule has 0 aromatic heterocycles. The van der Waals surface area contributed by atoms with E-state index >= 15 is 0 Å². The van der Waals surface area contributed by atoms with Gasteiger partial charge in [-0.05, 0) is 41.0 Å². The summed E-state index contributed by atoms with van der Waals surface area (Å²) in [4.78, 5) is 0. The van der Waals surface area contributed by atoms with Gasteiger partial charge in [0.15, 0.2) is 0 Å². The lowest BCUT2D eigenvalue weighted by molar-refractivity contribution is 0.0373. The summed E-state index contributed by atoms with van der Waals surface area (Å²) >= 11 is 0. The summed E-state index contributed by atoms with van der Waals surface area (Å²) in [7, 11) is 0. The fourth-order valence-electron chi connectivity index (χ4n) is 1.34. The monoisotopic (exact) mass is 238 g/mol. The molecule has 0 amide bonds. The summed E-state index contributed by atoms with van der Waals surface area (Å²) in [6, 6.07) is 0. The zero-order valence-electron chi connectivity index (χ0n) is 11.7. The Hall–Kier alpha value is -0.860. The van der Waals surface area contributed by atoms with Gasteiger partial charge in [-0.3, -0.25) is 0 Å². The molecule has 17 heavy (non-hydrogen) atoms. The largest absolute Gasteiger partial charge is 0.390 e. The van der Waals surface area contributed by atoms with E-state index in [0.717, 1.165) is 6.42 Å². The van der Waals surface area contributed by atoms with Crippen molar-refractivity contribution in [2.24, 2.45) is 5.92 Å². The van der Waals surface area contributed by atoms with Gasteiger partial charge in [-0.15, -0.1) is 0 Å². The standard InChI is InChI=1S/C15H26O2/c1-7-15(6,17)11-10-13(14(4,5)16)9-8-12(2)3/h7-8,10-11,13,16-17H,1,9H2,2-6H3/b11-10+/t13-,15?/m0/s1. The zero-order chi connectivity index (χ0) is 13.7. The summed E-state index contributed by atoms with van der Waals surface area (Å²) < 4.78 is 0. The van der Waals surface area contributed by atoms with E-state index in [1.54, 1.807) is 26.8 Å². The van der Waals surface area contributed by atoms with Crippen molar-refractivity contribution in [3.05, 3.63) is 36.5 Å².